The molecular weight excluding hydrogens is 262 g/mol. The minimum atomic E-state index is -0.985. The average molecular weight is 274 g/mol. The van der Waals surface area contributed by atoms with Gasteiger partial charge in [0, 0.05) is 12.3 Å². The van der Waals surface area contributed by atoms with Crippen LogP contribution in [0.3, 0.4) is 0 Å². The Hall–Kier alpha value is -1.86. The largest absolute Gasteiger partial charge is 0.488 e. The average Bonchev–Trinajstić information content (AvgIpc) is 2.32. The van der Waals surface area contributed by atoms with Crippen LogP contribution in [-0.2, 0) is 4.79 Å². The number of halogens is 1. The standard InChI is InChI=1S/C10H12ClN3O4/c1-2-17-7-3-6(11)5-13-9(7)18-10(16)14-8(15)4-12/h3,5H,2,4,12H2,1H3,(H,14,15,16). The number of ether oxygens (including phenoxy) is 2. The van der Waals surface area contributed by atoms with E-state index < -0.39 is 12.0 Å². The van der Waals surface area contributed by atoms with E-state index in [2.05, 4.69) is 4.98 Å². The fourth-order valence-corrected chi connectivity index (χ4v) is 1.17. The van der Waals surface area contributed by atoms with Crippen LogP contribution >= 0.6 is 11.6 Å². The smallest absolute Gasteiger partial charge is 0.420 e. The molecule has 2 amide bonds. The van der Waals surface area contributed by atoms with Crippen LogP contribution in [0.5, 0.6) is 11.6 Å². The Balaban J connectivity index is 2.77. The van der Waals surface area contributed by atoms with Crippen molar-refractivity contribution in [3.05, 3.63) is 17.3 Å². The van der Waals surface area contributed by atoms with Crippen molar-refractivity contribution in [1.29, 1.82) is 0 Å². The first kappa shape index (κ1) is 14.2. The molecule has 1 rings (SSSR count). The summed E-state index contributed by atoms with van der Waals surface area (Å²) in [5, 5.41) is 2.25. The molecule has 7 nitrogen and oxygen atoms in total. The number of imide groups is 1. The number of nitrogens with two attached hydrogens (primary N) is 1. The van der Waals surface area contributed by atoms with E-state index in [1.54, 1.807) is 6.92 Å². The summed E-state index contributed by atoms with van der Waals surface area (Å²) >= 11 is 5.73. The van der Waals surface area contributed by atoms with Crippen LogP contribution in [0.4, 0.5) is 4.79 Å². The van der Waals surface area contributed by atoms with Crippen molar-refractivity contribution < 1.29 is 19.1 Å². The molecule has 0 saturated carbocycles. The van der Waals surface area contributed by atoms with Gasteiger partial charge in [-0.1, -0.05) is 11.6 Å². The SMILES string of the molecule is CCOc1cc(Cl)cnc1OC(=O)NC(=O)CN. The number of aromatic nitrogens is 1. The van der Waals surface area contributed by atoms with Gasteiger partial charge in [-0.25, -0.2) is 9.78 Å². The van der Waals surface area contributed by atoms with Gasteiger partial charge in [0.05, 0.1) is 18.2 Å². The number of hydrogen-bond acceptors (Lipinski definition) is 6. The molecule has 0 radical (unpaired) electrons. The third-order valence-electron chi connectivity index (χ3n) is 1.70. The van der Waals surface area contributed by atoms with Crippen LogP contribution in [0.25, 0.3) is 0 Å². The number of nitrogens with one attached hydrogen (secondary N) is 1. The van der Waals surface area contributed by atoms with E-state index in [-0.39, 0.29) is 18.2 Å². The molecule has 98 valence electrons. The van der Waals surface area contributed by atoms with E-state index in [0.717, 1.165) is 0 Å². The highest BCUT2D eigenvalue weighted by atomic mass is 35.5. The molecular formula is C10H12ClN3O4. The van der Waals surface area contributed by atoms with Crippen molar-refractivity contribution in [2.45, 2.75) is 6.92 Å². The number of rotatable bonds is 4. The van der Waals surface area contributed by atoms with Crippen LogP contribution in [0.15, 0.2) is 12.3 Å². The molecule has 1 aromatic heterocycles. The van der Waals surface area contributed by atoms with Gasteiger partial charge in [-0.2, -0.15) is 0 Å². The van der Waals surface area contributed by atoms with Crippen LogP contribution in [0.2, 0.25) is 5.02 Å². The van der Waals surface area contributed by atoms with E-state index in [4.69, 9.17) is 26.8 Å². The Bertz CT molecular complexity index is 453. The predicted octanol–water partition coefficient (Wildman–Crippen LogP) is 0.707. The van der Waals surface area contributed by atoms with Gasteiger partial charge in [-0.05, 0) is 6.92 Å². The van der Waals surface area contributed by atoms with Gasteiger partial charge >= 0.3 is 6.09 Å². The zero-order chi connectivity index (χ0) is 13.5. The van der Waals surface area contributed by atoms with Gasteiger partial charge in [-0.15, -0.1) is 0 Å². The summed E-state index contributed by atoms with van der Waals surface area (Å²) in [5.74, 6) is -0.532. The number of carbonyl (C=O) groups excluding carboxylic acids is 2. The van der Waals surface area contributed by atoms with E-state index in [1.165, 1.54) is 12.3 Å². The molecule has 0 spiro atoms. The summed E-state index contributed by atoms with van der Waals surface area (Å²) in [4.78, 5) is 25.9. The summed E-state index contributed by atoms with van der Waals surface area (Å²) in [7, 11) is 0. The summed E-state index contributed by atoms with van der Waals surface area (Å²) in [6.45, 7) is 1.78. The lowest BCUT2D eigenvalue weighted by molar-refractivity contribution is -0.118. The van der Waals surface area contributed by atoms with Crippen molar-refractivity contribution in [3.8, 4) is 11.6 Å². The normalized spacial score (nSPS) is 9.72. The zero-order valence-corrected chi connectivity index (χ0v) is 10.4. The van der Waals surface area contributed by atoms with Gasteiger partial charge in [0.25, 0.3) is 5.88 Å². The second-order valence-corrected chi connectivity index (χ2v) is 3.47. The highest BCUT2D eigenvalue weighted by molar-refractivity contribution is 6.30. The van der Waals surface area contributed by atoms with Gasteiger partial charge < -0.3 is 15.2 Å². The Morgan fingerprint density at radius 1 is 1.56 bits per heavy atom. The number of carbonyl (C=O) groups is 2. The second kappa shape index (κ2) is 6.77. The van der Waals surface area contributed by atoms with Crippen molar-refractivity contribution in [3.63, 3.8) is 0 Å². The molecule has 8 heteroatoms. The van der Waals surface area contributed by atoms with Crippen LogP contribution in [-0.4, -0.2) is 30.1 Å². The van der Waals surface area contributed by atoms with Crippen LogP contribution in [0.1, 0.15) is 6.92 Å². The molecule has 0 saturated heterocycles. The third-order valence-corrected chi connectivity index (χ3v) is 1.91. The van der Waals surface area contributed by atoms with Crippen molar-refractivity contribution in [2.75, 3.05) is 13.2 Å². The first-order valence-corrected chi connectivity index (χ1v) is 5.44. The Morgan fingerprint density at radius 2 is 2.28 bits per heavy atom. The molecule has 0 aliphatic carbocycles. The predicted molar refractivity (Wildman–Crippen MR) is 63.6 cm³/mol. The maximum absolute atomic E-state index is 11.3. The fourth-order valence-electron chi connectivity index (χ4n) is 1.02. The van der Waals surface area contributed by atoms with E-state index in [9.17, 15) is 9.59 Å². The van der Waals surface area contributed by atoms with Crippen molar-refractivity contribution in [1.82, 2.24) is 10.3 Å². The van der Waals surface area contributed by atoms with Crippen LogP contribution < -0.4 is 20.5 Å². The first-order chi connectivity index (χ1) is 8.56. The first-order valence-electron chi connectivity index (χ1n) is 5.07. The lowest BCUT2D eigenvalue weighted by Gasteiger charge is -2.09. The highest BCUT2D eigenvalue weighted by Crippen LogP contribution is 2.27. The maximum Gasteiger partial charge on any atom is 0.420 e. The van der Waals surface area contributed by atoms with Gasteiger partial charge in [0.2, 0.25) is 5.91 Å². The molecule has 0 aromatic carbocycles. The quantitative estimate of drug-likeness (QED) is 0.837. The molecule has 0 unspecified atom stereocenters. The lowest BCUT2D eigenvalue weighted by Crippen LogP contribution is -2.37. The van der Waals surface area contributed by atoms with Crippen molar-refractivity contribution in [2.24, 2.45) is 5.73 Å². The molecule has 1 aromatic rings. The number of pyridine rings is 1. The van der Waals surface area contributed by atoms with Gasteiger partial charge in [0.1, 0.15) is 0 Å². The van der Waals surface area contributed by atoms with Crippen LogP contribution in [0, 0.1) is 0 Å². The third kappa shape index (κ3) is 4.19. The maximum atomic E-state index is 11.3. The minimum Gasteiger partial charge on any atom is -0.488 e. The van der Waals surface area contributed by atoms with Gasteiger partial charge in [0.15, 0.2) is 5.75 Å². The topological polar surface area (TPSA) is 104 Å². The number of hydrogen-bond donors (Lipinski definition) is 2. The molecule has 18 heavy (non-hydrogen) atoms. The Morgan fingerprint density at radius 3 is 2.89 bits per heavy atom. The summed E-state index contributed by atoms with van der Waals surface area (Å²) in [5.41, 5.74) is 5.03. The molecule has 0 aliphatic rings. The molecule has 0 bridgehead atoms. The molecule has 1 heterocycles. The summed E-state index contributed by atoms with van der Waals surface area (Å²) in [6.07, 6.45) is 0.304. The molecule has 0 atom stereocenters. The summed E-state index contributed by atoms with van der Waals surface area (Å²) in [6, 6.07) is 1.45. The minimum absolute atomic E-state index is 0.0800. The monoisotopic (exact) mass is 273 g/mol. The summed E-state index contributed by atoms with van der Waals surface area (Å²) < 4.78 is 9.99. The molecule has 0 fully saturated rings. The lowest BCUT2D eigenvalue weighted by atomic mass is 10.4. The van der Waals surface area contributed by atoms with E-state index in [1.807, 2.05) is 5.32 Å². The Labute approximate surface area is 108 Å². The van der Waals surface area contributed by atoms with E-state index >= 15 is 0 Å². The number of nitrogens with zero attached hydrogens (tertiary/aromatic N) is 1. The van der Waals surface area contributed by atoms with E-state index in [0.29, 0.717) is 11.6 Å². The van der Waals surface area contributed by atoms with Gasteiger partial charge in [-0.3, -0.25) is 10.1 Å². The number of amides is 2. The second-order valence-electron chi connectivity index (χ2n) is 3.03. The molecule has 3 N–H and O–H groups in total. The molecule has 0 aliphatic heterocycles. The van der Waals surface area contributed by atoms with Crippen molar-refractivity contribution >= 4 is 23.6 Å². The highest BCUT2D eigenvalue weighted by Gasteiger charge is 2.14. The zero-order valence-electron chi connectivity index (χ0n) is 9.60. The Kier molecular flexibility index (Phi) is 5.34. The fraction of sp³-hybridized carbons (Fsp3) is 0.300.